The van der Waals surface area contributed by atoms with Crippen molar-refractivity contribution in [3.05, 3.63) is 29.3 Å². The summed E-state index contributed by atoms with van der Waals surface area (Å²) >= 11 is 0. The second-order valence-electron chi connectivity index (χ2n) is 4.69. The van der Waals surface area contributed by atoms with Gasteiger partial charge in [0.25, 0.3) is 5.91 Å². The van der Waals surface area contributed by atoms with Gasteiger partial charge in [-0.25, -0.2) is 0 Å². The average Bonchev–Trinajstić information content (AvgIpc) is 2.28. The summed E-state index contributed by atoms with van der Waals surface area (Å²) in [7, 11) is 1.63. The van der Waals surface area contributed by atoms with Crippen molar-refractivity contribution < 1.29 is 9.53 Å². The lowest BCUT2D eigenvalue weighted by atomic mass is 10.1. The molecule has 94 valence electrons. The first-order chi connectivity index (χ1) is 7.95. The number of amides is 1. The van der Waals surface area contributed by atoms with Gasteiger partial charge in [0, 0.05) is 11.6 Å². The van der Waals surface area contributed by atoms with Crippen LogP contribution in [0.25, 0.3) is 0 Å². The van der Waals surface area contributed by atoms with E-state index in [-0.39, 0.29) is 11.9 Å². The Morgan fingerprint density at radius 3 is 2.41 bits per heavy atom. The number of ether oxygens (including phenoxy) is 1. The van der Waals surface area contributed by atoms with Crippen molar-refractivity contribution in [3.63, 3.8) is 0 Å². The van der Waals surface area contributed by atoms with E-state index < -0.39 is 0 Å². The van der Waals surface area contributed by atoms with Crippen LogP contribution in [0.4, 0.5) is 0 Å². The van der Waals surface area contributed by atoms with Crippen molar-refractivity contribution in [3.8, 4) is 5.75 Å². The predicted molar refractivity (Wildman–Crippen MR) is 69.5 cm³/mol. The van der Waals surface area contributed by atoms with Gasteiger partial charge in [-0.05, 0) is 43.5 Å². The Bertz CT molecular complexity index is 399. The van der Waals surface area contributed by atoms with E-state index in [0.29, 0.717) is 11.5 Å². The first kappa shape index (κ1) is 13.6. The molecule has 0 aromatic heterocycles. The molecule has 1 N–H and O–H groups in total. The maximum atomic E-state index is 12.0. The number of benzene rings is 1. The number of rotatable bonds is 4. The van der Waals surface area contributed by atoms with Gasteiger partial charge in [0.05, 0.1) is 7.11 Å². The summed E-state index contributed by atoms with van der Waals surface area (Å²) in [5.41, 5.74) is 1.65. The third kappa shape index (κ3) is 3.48. The lowest BCUT2D eigenvalue weighted by Crippen LogP contribution is -2.36. The average molecular weight is 235 g/mol. The molecule has 0 aliphatic carbocycles. The van der Waals surface area contributed by atoms with Crippen molar-refractivity contribution in [2.24, 2.45) is 5.92 Å². The minimum atomic E-state index is -0.0306. The van der Waals surface area contributed by atoms with Gasteiger partial charge < -0.3 is 10.1 Å². The third-order valence-corrected chi connectivity index (χ3v) is 3.02. The molecule has 17 heavy (non-hydrogen) atoms. The standard InChI is InChI=1S/C14H21NO2/c1-9(2)11(4)15-14(16)12-6-7-13(17-5)10(3)8-12/h6-9,11H,1-5H3,(H,15,16). The van der Waals surface area contributed by atoms with Crippen LogP contribution in [-0.4, -0.2) is 19.1 Å². The zero-order valence-electron chi connectivity index (χ0n) is 11.2. The second-order valence-corrected chi connectivity index (χ2v) is 4.69. The number of hydrogen-bond donors (Lipinski definition) is 1. The number of aryl methyl sites for hydroxylation is 1. The number of methoxy groups -OCH3 is 1. The highest BCUT2D eigenvalue weighted by Crippen LogP contribution is 2.18. The van der Waals surface area contributed by atoms with Crippen LogP contribution >= 0.6 is 0 Å². The van der Waals surface area contributed by atoms with E-state index in [0.717, 1.165) is 11.3 Å². The molecule has 0 heterocycles. The minimum Gasteiger partial charge on any atom is -0.496 e. The van der Waals surface area contributed by atoms with E-state index in [1.807, 2.05) is 26.0 Å². The van der Waals surface area contributed by atoms with Gasteiger partial charge >= 0.3 is 0 Å². The maximum absolute atomic E-state index is 12.0. The summed E-state index contributed by atoms with van der Waals surface area (Å²) in [4.78, 5) is 12.0. The van der Waals surface area contributed by atoms with Crippen LogP contribution in [0.2, 0.25) is 0 Å². The Labute approximate surface area is 103 Å². The van der Waals surface area contributed by atoms with Crippen molar-refractivity contribution in [1.82, 2.24) is 5.32 Å². The van der Waals surface area contributed by atoms with Gasteiger partial charge in [0.2, 0.25) is 0 Å². The molecular weight excluding hydrogens is 214 g/mol. The van der Waals surface area contributed by atoms with Gasteiger partial charge in [-0.3, -0.25) is 4.79 Å². The molecule has 3 nitrogen and oxygen atoms in total. The molecular formula is C14H21NO2. The van der Waals surface area contributed by atoms with Gasteiger partial charge in [-0.2, -0.15) is 0 Å². The molecule has 1 aromatic rings. The molecule has 0 bridgehead atoms. The first-order valence-corrected chi connectivity index (χ1v) is 5.91. The topological polar surface area (TPSA) is 38.3 Å². The molecule has 3 heteroatoms. The van der Waals surface area contributed by atoms with Crippen molar-refractivity contribution >= 4 is 5.91 Å². The smallest absolute Gasteiger partial charge is 0.251 e. The van der Waals surface area contributed by atoms with Crippen LogP contribution in [0.3, 0.4) is 0 Å². The van der Waals surface area contributed by atoms with Gasteiger partial charge in [-0.1, -0.05) is 13.8 Å². The highest BCUT2D eigenvalue weighted by molar-refractivity contribution is 5.94. The molecule has 1 rings (SSSR count). The fourth-order valence-corrected chi connectivity index (χ4v) is 1.48. The first-order valence-electron chi connectivity index (χ1n) is 5.91. The molecule has 1 atom stereocenters. The van der Waals surface area contributed by atoms with Crippen LogP contribution in [0.5, 0.6) is 5.75 Å². The summed E-state index contributed by atoms with van der Waals surface area (Å²) in [6.07, 6.45) is 0. The van der Waals surface area contributed by atoms with Crippen molar-refractivity contribution in [2.45, 2.75) is 33.7 Å². The van der Waals surface area contributed by atoms with Crippen LogP contribution in [0.15, 0.2) is 18.2 Å². The summed E-state index contributed by atoms with van der Waals surface area (Å²) in [6, 6.07) is 5.63. The zero-order valence-corrected chi connectivity index (χ0v) is 11.2. The fourth-order valence-electron chi connectivity index (χ4n) is 1.48. The minimum absolute atomic E-state index is 0.0306. The Kier molecular flexibility index (Phi) is 4.55. The Morgan fingerprint density at radius 1 is 1.29 bits per heavy atom. The maximum Gasteiger partial charge on any atom is 0.251 e. The summed E-state index contributed by atoms with van der Waals surface area (Å²) in [5.74, 6) is 1.20. The Hall–Kier alpha value is -1.51. The predicted octanol–water partition coefficient (Wildman–Crippen LogP) is 2.78. The monoisotopic (exact) mass is 235 g/mol. The van der Waals surface area contributed by atoms with Crippen LogP contribution in [0.1, 0.15) is 36.7 Å². The lowest BCUT2D eigenvalue weighted by molar-refractivity contribution is 0.0930. The summed E-state index contributed by atoms with van der Waals surface area (Å²) < 4.78 is 5.17. The largest absolute Gasteiger partial charge is 0.496 e. The Balaban J connectivity index is 2.80. The van der Waals surface area contributed by atoms with E-state index in [4.69, 9.17) is 4.74 Å². The molecule has 0 fully saturated rings. The molecule has 0 aliphatic rings. The second kappa shape index (κ2) is 5.71. The van der Waals surface area contributed by atoms with Crippen LogP contribution in [0, 0.1) is 12.8 Å². The van der Waals surface area contributed by atoms with Crippen LogP contribution in [-0.2, 0) is 0 Å². The van der Waals surface area contributed by atoms with Crippen molar-refractivity contribution in [1.29, 1.82) is 0 Å². The van der Waals surface area contributed by atoms with E-state index >= 15 is 0 Å². The third-order valence-electron chi connectivity index (χ3n) is 3.02. The number of carbonyl (C=O) groups is 1. The number of hydrogen-bond acceptors (Lipinski definition) is 2. The van der Waals surface area contributed by atoms with Crippen LogP contribution < -0.4 is 10.1 Å². The summed E-state index contributed by atoms with van der Waals surface area (Å²) in [5, 5.41) is 2.98. The number of nitrogens with one attached hydrogen (secondary N) is 1. The highest BCUT2D eigenvalue weighted by Gasteiger charge is 2.13. The van der Waals surface area contributed by atoms with E-state index in [9.17, 15) is 4.79 Å². The number of carbonyl (C=O) groups excluding carboxylic acids is 1. The quantitative estimate of drug-likeness (QED) is 0.871. The molecule has 1 amide bonds. The molecule has 1 aromatic carbocycles. The van der Waals surface area contributed by atoms with E-state index in [1.54, 1.807) is 13.2 Å². The fraction of sp³-hybridized carbons (Fsp3) is 0.500. The van der Waals surface area contributed by atoms with E-state index in [2.05, 4.69) is 19.2 Å². The molecule has 0 radical (unpaired) electrons. The normalized spacial score (nSPS) is 12.4. The molecule has 1 unspecified atom stereocenters. The molecule has 0 saturated heterocycles. The highest BCUT2D eigenvalue weighted by atomic mass is 16.5. The Morgan fingerprint density at radius 2 is 1.94 bits per heavy atom. The van der Waals surface area contributed by atoms with Gasteiger partial charge in [-0.15, -0.1) is 0 Å². The zero-order chi connectivity index (χ0) is 13.0. The summed E-state index contributed by atoms with van der Waals surface area (Å²) in [6.45, 7) is 8.12. The van der Waals surface area contributed by atoms with E-state index in [1.165, 1.54) is 0 Å². The van der Waals surface area contributed by atoms with Gasteiger partial charge in [0.1, 0.15) is 5.75 Å². The SMILES string of the molecule is COc1ccc(C(=O)NC(C)C(C)C)cc1C. The molecule has 0 saturated carbocycles. The van der Waals surface area contributed by atoms with Crippen molar-refractivity contribution in [2.75, 3.05) is 7.11 Å². The molecule has 0 aliphatic heterocycles. The molecule has 0 spiro atoms. The van der Waals surface area contributed by atoms with Gasteiger partial charge in [0.15, 0.2) is 0 Å². The lowest BCUT2D eigenvalue weighted by Gasteiger charge is -2.17.